The maximum Gasteiger partial charge on any atom is 2.00 e. The number of benzene rings is 1. The number of aromatic carboxylic acids is 1. The number of aromatic amines is 1. The molecule has 4 aromatic rings. The number of fused-ring (bicyclic) bond motifs is 3. The first-order valence-corrected chi connectivity index (χ1v) is 6.96. The topological polar surface area (TPSA) is 174 Å². The van der Waals surface area contributed by atoms with Crippen molar-refractivity contribution in [3.05, 3.63) is 76.3 Å². The number of rotatable bonds is 1. The molecule has 141 valence electrons. The quantitative estimate of drug-likeness (QED) is 0.202. The molecule has 27 heavy (non-hydrogen) atoms. The van der Waals surface area contributed by atoms with Crippen molar-refractivity contribution in [3.63, 3.8) is 0 Å². The number of nitrogens with one attached hydrogen (secondary N) is 1. The van der Waals surface area contributed by atoms with Gasteiger partial charge in [0, 0.05) is 23.2 Å². The van der Waals surface area contributed by atoms with Crippen LogP contribution in [-0.4, -0.2) is 36.2 Å². The van der Waals surface area contributed by atoms with E-state index in [0.29, 0.717) is 0 Å². The third-order valence-corrected chi connectivity index (χ3v) is 2.94. The predicted octanol–water partition coefficient (Wildman–Crippen LogP) is 0.710. The van der Waals surface area contributed by atoms with Crippen molar-refractivity contribution in [2.24, 2.45) is 0 Å². The maximum absolute atomic E-state index is 9.81. The Hall–Kier alpha value is -3.63. The summed E-state index contributed by atoms with van der Waals surface area (Å²) in [5.74, 6) is -1.68. The van der Waals surface area contributed by atoms with E-state index < -0.39 is 11.1 Å². The Kier molecular flexibility index (Phi) is 8.23. The van der Waals surface area contributed by atoms with E-state index in [2.05, 4.69) is 49.4 Å². The van der Waals surface area contributed by atoms with Crippen LogP contribution in [0.5, 0.6) is 0 Å². The Balaban J connectivity index is 0.000000241. The molecule has 0 aliphatic heterocycles. The van der Waals surface area contributed by atoms with Crippen LogP contribution in [0.25, 0.3) is 21.8 Å². The minimum Gasteiger partial charge on any atom is -0.541 e. The van der Waals surface area contributed by atoms with Gasteiger partial charge in [-0.15, -0.1) is 0 Å². The van der Waals surface area contributed by atoms with E-state index in [9.17, 15) is 9.90 Å². The summed E-state index contributed by atoms with van der Waals surface area (Å²) in [6.07, 6.45) is 4.78. The zero-order chi connectivity index (χ0) is 18.9. The van der Waals surface area contributed by atoms with Crippen molar-refractivity contribution < 1.29 is 32.1 Å². The van der Waals surface area contributed by atoms with Crippen molar-refractivity contribution >= 4 is 27.8 Å². The van der Waals surface area contributed by atoms with E-state index in [4.69, 9.17) is 15.3 Å². The number of carbonyl (C=O) groups is 1. The van der Waals surface area contributed by atoms with Crippen LogP contribution in [0.1, 0.15) is 10.6 Å². The van der Waals surface area contributed by atoms with Crippen LogP contribution in [0, 0.1) is 15.3 Å². The van der Waals surface area contributed by atoms with Crippen LogP contribution < -0.4 is 5.11 Å². The summed E-state index contributed by atoms with van der Waals surface area (Å²) < 4.78 is 0. The van der Waals surface area contributed by atoms with Gasteiger partial charge in [0.05, 0.1) is 16.1 Å². The van der Waals surface area contributed by atoms with Crippen molar-refractivity contribution in [1.29, 1.82) is 0 Å². The van der Waals surface area contributed by atoms with Crippen molar-refractivity contribution in [2.45, 2.75) is 0 Å². The molecular formula is C15H10CuN6O5. The minimum atomic E-state index is -1.75. The third kappa shape index (κ3) is 6.30. The summed E-state index contributed by atoms with van der Waals surface area (Å²) >= 11 is 0. The van der Waals surface area contributed by atoms with E-state index in [1.54, 1.807) is 12.4 Å². The molecule has 0 saturated carbocycles. The maximum atomic E-state index is 9.81. The molecule has 0 saturated heterocycles. The van der Waals surface area contributed by atoms with Gasteiger partial charge in [0.2, 0.25) is 0 Å². The van der Waals surface area contributed by atoms with E-state index in [-0.39, 0.29) is 22.9 Å². The molecule has 12 heteroatoms. The van der Waals surface area contributed by atoms with Crippen molar-refractivity contribution in [2.75, 3.05) is 0 Å². The van der Waals surface area contributed by atoms with Gasteiger partial charge in [-0.2, -0.15) is 5.10 Å². The van der Waals surface area contributed by atoms with Gasteiger partial charge >= 0.3 is 17.1 Å². The Labute approximate surface area is 161 Å². The smallest absolute Gasteiger partial charge is 0.541 e. The van der Waals surface area contributed by atoms with Crippen LogP contribution in [0.4, 0.5) is 0 Å². The largest absolute Gasteiger partial charge is 2.00 e. The number of aromatic nitrogens is 5. The van der Waals surface area contributed by atoms with E-state index in [1.807, 2.05) is 12.1 Å². The molecule has 0 fully saturated rings. The zero-order valence-electron chi connectivity index (χ0n) is 13.3. The number of carboxylic acids is 1. The summed E-state index contributed by atoms with van der Waals surface area (Å²) in [4.78, 5) is 30.0. The van der Waals surface area contributed by atoms with E-state index in [1.165, 1.54) is 6.33 Å². The Morgan fingerprint density at radius 3 is 1.74 bits per heavy atom. The summed E-state index contributed by atoms with van der Waals surface area (Å²) in [6, 6.07) is 12.1. The SMILES string of the molecule is O=C([O-])c1nc[nH]n1.O=[N+]([O-])[O-].[Cu+2].c1cnc2c(c1)ccc1cccnc12. The third-order valence-electron chi connectivity index (χ3n) is 2.94. The molecule has 0 aliphatic rings. The number of nitrogens with zero attached hydrogens (tertiary/aromatic N) is 5. The molecule has 0 unspecified atom stereocenters. The number of carboxylic acid groups (broad SMARTS) is 1. The van der Waals surface area contributed by atoms with Gasteiger partial charge < -0.3 is 25.2 Å². The second-order valence-electron chi connectivity index (χ2n) is 4.55. The first kappa shape index (κ1) is 21.4. The van der Waals surface area contributed by atoms with Crippen LogP contribution in [-0.2, 0) is 17.1 Å². The molecule has 4 rings (SSSR count). The second kappa shape index (κ2) is 10.4. The van der Waals surface area contributed by atoms with Gasteiger partial charge in [-0.1, -0.05) is 24.3 Å². The van der Waals surface area contributed by atoms with Gasteiger partial charge in [0.15, 0.2) is 5.82 Å². The van der Waals surface area contributed by atoms with Gasteiger partial charge in [0.1, 0.15) is 12.3 Å². The fraction of sp³-hybridized carbons (Fsp3) is 0. The Bertz CT molecular complexity index is 969. The number of hydrogen-bond acceptors (Lipinski definition) is 9. The summed E-state index contributed by atoms with van der Waals surface area (Å²) in [5, 5.41) is 32.3. The van der Waals surface area contributed by atoms with Gasteiger partial charge in [-0.25, -0.2) is 4.98 Å². The molecule has 3 heterocycles. The molecule has 11 nitrogen and oxygen atoms in total. The normalized spacial score (nSPS) is 9.19. The van der Waals surface area contributed by atoms with Crippen LogP contribution in [0.3, 0.4) is 0 Å². The molecule has 0 amide bonds. The summed E-state index contributed by atoms with van der Waals surface area (Å²) in [6.45, 7) is 0. The van der Waals surface area contributed by atoms with Gasteiger partial charge in [-0.3, -0.25) is 15.1 Å². The van der Waals surface area contributed by atoms with Crippen molar-refractivity contribution in [1.82, 2.24) is 25.1 Å². The molecule has 0 bridgehead atoms. The van der Waals surface area contributed by atoms with Gasteiger partial charge in [0.25, 0.3) is 0 Å². The zero-order valence-corrected chi connectivity index (χ0v) is 14.2. The average Bonchev–Trinajstić information content (AvgIpc) is 3.17. The standard InChI is InChI=1S/C12H8N2.C3H3N3O2.Cu.NO3/c1-3-9-5-6-10-4-2-8-14-12(10)11(9)13-7-1;7-3(8)2-4-1-5-6-2;;2-1(3)4/h1-8H;1H,(H,7,8)(H,4,5,6);;/q;;+2;-1/p-1. The monoisotopic (exact) mass is 417 g/mol. The molecule has 0 aliphatic carbocycles. The fourth-order valence-corrected chi connectivity index (χ4v) is 1.99. The van der Waals surface area contributed by atoms with Crippen LogP contribution >= 0.6 is 0 Å². The summed E-state index contributed by atoms with van der Waals surface area (Å²) in [5.41, 5.74) is 1.95. The molecule has 1 radical (unpaired) electrons. The number of carbonyl (C=O) groups excluding carboxylic acids is 1. The molecule has 0 spiro atoms. The Morgan fingerprint density at radius 1 is 0.926 bits per heavy atom. The molecule has 1 N–H and O–H groups in total. The number of pyridine rings is 2. The fourth-order valence-electron chi connectivity index (χ4n) is 1.99. The summed E-state index contributed by atoms with van der Waals surface area (Å²) in [7, 11) is 0. The second-order valence-corrected chi connectivity index (χ2v) is 4.55. The molecule has 0 atom stereocenters. The number of hydrogen-bond donors (Lipinski definition) is 1. The molecular weight excluding hydrogens is 408 g/mol. The van der Waals surface area contributed by atoms with E-state index >= 15 is 0 Å². The van der Waals surface area contributed by atoms with Gasteiger partial charge in [-0.05, 0) is 12.1 Å². The van der Waals surface area contributed by atoms with Crippen LogP contribution in [0.15, 0.2) is 55.1 Å². The Morgan fingerprint density at radius 2 is 1.41 bits per heavy atom. The first-order chi connectivity index (χ1) is 12.5. The minimum absolute atomic E-state index is 0. The van der Waals surface area contributed by atoms with Crippen molar-refractivity contribution in [3.8, 4) is 0 Å². The first-order valence-electron chi connectivity index (χ1n) is 6.96. The predicted molar refractivity (Wildman–Crippen MR) is 88.1 cm³/mol. The van der Waals surface area contributed by atoms with E-state index in [0.717, 1.165) is 21.8 Å². The number of H-pyrrole nitrogens is 1. The average molecular weight is 418 g/mol. The van der Waals surface area contributed by atoms with Crippen LogP contribution in [0.2, 0.25) is 0 Å². The molecule has 1 aromatic carbocycles. The molecule has 3 aromatic heterocycles.